The average molecular weight is 241 g/mol. The number of hydrogen-bond donors (Lipinski definition) is 2. The molecule has 6 nitrogen and oxygen atoms in total. The van der Waals surface area contributed by atoms with Crippen LogP contribution >= 0.6 is 12.2 Å². The Morgan fingerprint density at radius 3 is 2.75 bits per heavy atom. The van der Waals surface area contributed by atoms with Crippen LogP contribution in [0.4, 0.5) is 5.82 Å². The van der Waals surface area contributed by atoms with Crippen molar-refractivity contribution >= 4 is 18.0 Å². The quantitative estimate of drug-likeness (QED) is 0.705. The molecule has 88 valence electrons. The van der Waals surface area contributed by atoms with E-state index in [2.05, 4.69) is 25.0 Å². The fourth-order valence-electron chi connectivity index (χ4n) is 1.80. The van der Waals surface area contributed by atoms with Crippen molar-refractivity contribution in [2.45, 2.75) is 0 Å². The van der Waals surface area contributed by atoms with Crippen LogP contribution in [-0.4, -0.2) is 64.5 Å². The smallest absolute Gasteiger partial charge is 0.215 e. The number of aromatic amines is 1. The van der Waals surface area contributed by atoms with Gasteiger partial charge in [-0.3, -0.25) is 10.00 Å². The summed E-state index contributed by atoms with van der Waals surface area (Å²) in [5, 5.41) is 15.4. The molecular formula is C9H15N5OS. The van der Waals surface area contributed by atoms with Gasteiger partial charge in [-0.05, 0) is 12.2 Å². The summed E-state index contributed by atoms with van der Waals surface area (Å²) >= 11 is 4.93. The summed E-state index contributed by atoms with van der Waals surface area (Å²) in [6.45, 7) is 4.63. The molecule has 0 spiro atoms. The molecule has 0 bridgehead atoms. The number of nitrogens with one attached hydrogen (secondary N) is 1. The SMILES string of the molecule is OCCN1CCN(c2cn[nH]c(=S)n2)CC1. The van der Waals surface area contributed by atoms with Gasteiger partial charge in [0.05, 0.1) is 12.8 Å². The van der Waals surface area contributed by atoms with Crippen molar-refractivity contribution in [3.8, 4) is 0 Å². The molecule has 1 aliphatic rings. The van der Waals surface area contributed by atoms with E-state index in [-0.39, 0.29) is 6.61 Å². The second-order valence-corrected chi connectivity index (χ2v) is 4.08. The number of β-amino-alcohol motifs (C(OH)–C–C–N with tert-alkyl or cyclic N) is 1. The lowest BCUT2D eigenvalue weighted by atomic mass is 10.3. The maximum atomic E-state index is 8.84. The lowest BCUT2D eigenvalue weighted by Gasteiger charge is -2.34. The van der Waals surface area contributed by atoms with Gasteiger partial charge in [0.2, 0.25) is 4.77 Å². The molecule has 16 heavy (non-hydrogen) atoms. The first-order chi connectivity index (χ1) is 7.79. The Bertz CT molecular complexity index is 387. The summed E-state index contributed by atoms with van der Waals surface area (Å²) in [6, 6.07) is 0. The third kappa shape index (κ3) is 2.75. The third-order valence-corrected chi connectivity index (χ3v) is 2.85. The monoisotopic (exact) mass is 241 g/mol. The van der Waals surface area contributed by atoms with Crippen molar-refractivity contribution in [1.82, 2.24) is 20.1 Å². The number of H-pyrrole nitrogens is 1. The van der Waals surface area contributed by atoms with E-state index >= 15 is 0 Å². The highest BCUT2D eigenvalue weighted by molar-refractivity contribution is 7.71. The van der Waals surface area contributed by atoms with Crippen molar-refractivity contribution in [2.24, 2.45) is 0 Å². The van der Waals surface area contributed by atoms with Crippen molar-refractivity contribution < 1.29 is 5.11 Å². The van der Waals surface area contributed by atoms with Gasteiger partial charge in [0, 0.05) is 32.7 Å². The van der Waals surface area contributed by atoms with Crippen LogP contribution < -0.4 is 4.90 Å². The Balaban J connectivity index is 1.96. The molecule has 0 saturated carbocycles. The lowest BCUT2D eigenvalue weighted by molar-refractivity contribution is 0.188. The average Bonchev–Trinajstić information content (AvgIpc) is 2.30. The Hall–Kier alpha value is -1.05. The molecule has 0 unspecified atom stereocenters. The zero-order valence-electron chi connectivity index (χ0n) is 8.96. The normalized spacial score (nSPS) is 17.7. The minimum Gasteiger partial charge on any atom is -0.395 e. The maximum absolute atomic E-state index is 8.84. The van der Waals surface area contributed by atoms with E-state index in [0.29, 0.717) is 4.77 Å². The van der Waals surface area contributed by atoms with Crippen molar-refractivity contribution in [3.05, 3.63) is 11.0 Å². The summed E-state index contributed by atoms with van der Waals surface area (Å²) < 4.78 is 0.412. The fraction of sp³-hybridized carbons (Fsp3) is 0.667. The molecule has 0 aromatic carbocycles. The van der Waals surface area contributed by atoms with E-state index in [1.807, 2.05) is 0 Å². The standard InChI is InChI=1S/C9H15N5OS/c15-6-5-13-1-3-14(4-2-13)8-7-10-12-9(16)11-8/h7,15H,1-6H2,(H,11,12,16). The van der Waals surface area contributed by atoms with Gasteiger partial charge in [0.25, 0.3) is 0 Å². The number of hydrogen-bond acceptors (Lipinski definition) is 6. The topological polar surface area (TPSA) is 68.3 Å². The number of rotatable bonds is 3. The summed E-state index contributed by atoms with van der Waals surface area (Å²) in [7, 11) is 0. The van der Waals surface area contributed by atoms with Crippen LogP contribution in [0.1, 0.15) is 0 Å². The molecule has 0 radical (unpaired) electrons. The predicted octanol–water partition coefficient (Wildman–Crippen LogP) is -0.352. The van der Waals surface area contributed by atoms with E-state index in [1.54, 1.807) is 6.20 Å². The van der Waals surface area contributed by atoms with E-state index in [4.69, 9.17) is 17.3 Å². The van der Waals surface area contributed by atoms with Crippen molar-refractivity contribution in [1.29, 1.82) is 0 Å². The van der Waals surface area contributed by atoms with E-state index in [9.17, 15) is 0 Å². The molecular weight excluding hydrogens is 226 g/mol. The molecule has 2 heterocycles. The van der Waals surface area contributed by atoms with Gasteiger partial charge in [0.15, 0.2) is 5.82 Å². The van der Waals surface area contributed by atoms with Gasteiger partial charge < -0.3 is 10.0 Å². The van der Waals surface area contributed by atoms with Gasteiger partial charge in [-0.15, -0.1) is 0 Å². The van der Waals surface area contributed by atoms with Crippen LogP contribution in [0, 0.1) is 4.77 Å². The van der Waals surface area contributed by atoms with Gasteiger partial charge in [0.1, 0.15) is 0 Å². The first-order valence-electron chi connectivity index (χ1n) is 5.29. The zero-order chi connectivity index (χ0) is 11.4. The Labute approximate surface area is 98.9 Å². The highest BCUT2D eigenvalue weighted by atomic mass is 32.1. The number of nitrogens with zero attached hydrogens (tertiary/aromatic N) is 4. The first-order valence-corrected chi connectivity index (χ1v) is 5.70. The van der Waals surface area contributed by atoms with Crippen LogP contribution in [0.3, 0.4) is 0 Å². The van der Waals surface area contributed by atoms with Crippen LogP contribution in [-0.2, 0) is 0 Å². The first kappa shape index (κ1) is 11.4. The Kier molecular flexibility index (Phi) is 3.81. The number of anilines is 1. The molecule has 2 rings (SSSR count). The second-order valence-electron chi connectivity index (χ2n) is 3.70. The molecule has 1 fully saturated rings. The molecule has 1 aromatic rings. The lowest BCUT2D eigenvalue weighted by Crippen LogP contribution is -2.47. The van der Waals surface area contributed by atoms with E-state index in [1.165, 1.54) is 0 Å². The minimum absolute atomic E-state index is 0.219. The summed E-state index contributed by atoms with van der Waals surface area (Å²) in [4.78, 5) is 8.61. The van der Waals surface area contributed by atoms with E-state index in [0.717, 1.165) is 38.5 Å². The van der Waals surface area contributed by atoms with Gasteiger partial charge in [-0.2, -0.15) is 10.1 Å². The van der Waals surface area contributed by atoms with Gasteiger partial charge in [-0.25, -0.2) is 0 Å². The van der Waals surface area contributed by atoms with Gasteiger partial charge in [-0.1, -0.05) is 0 Å². The summed E-state index contributed by atoms with van der Waals surface area (Å²) in [5.41, 5.74) is 0. The van der Waals surface area contributed by atoms with Gasteiger partial charge >= 0.3 is 0 Å². The van der Waals surface area contributed by atoms with Crippen molar-refractivity contribution in [3.63, 3.8) is 0 Å². The summed E-state index contributed by atoms with van der Waals surface area (Å²) in [6.07, 6.45) is 1.69. The second kappa shape index (κ2) is 5.33. The molecule has 1 saturated heterocycles. The zero-order valence-corrected chi connectivity index (χ0v) is 9.78. The Morgan fingerprint density at radius 1 is 1.38 bits per heavy atom. The van der Waals surface area contributed by atoms with Crippen LogP contribution in [0.25, 0.3) is 0 Å². The highest BCUT2D eigenvalue weighted by Gasteiger charge is 2.17. The number of aliphatic hydroxyl groups is 1. The molecule has 7 heteroatoms. The fourth-order valence-corrected chi connectivity index (χ4v) is 1.94. The van der Waals surface area contributed by atoms with Crippen LogP contribution in [0.5, 0.6) is 0 Å². The highest BCUT2D eigenvalue weighted by Crippen LogP contribution is 2.10. The number of aromatic nitrogens is 3. The van der Waals surface area contributed by atoms with Crippen LogP contribution in [0.2, 0.25) is 0 Å². The molecule has 1 aliphatic heterocycles. The molecule has 1 aromatic heterocycles. The summed E-state index contributed by atoms with van der Waals surface area (Å²) in [5.74, 6) is 0.826. The number of piperazine rings is 1. The largest absolute Gasteiger partial charge is 0.395 e. The Morgan fingerprint density at radius 2 is 2.12 bits per heavy atom. The molecule has 0 atom stereocenters. The number of aliphatic hydroxyl groups excluding tert-OH is 1. The predicted molar refractivity (Wildman–Crippen MR) is 63.0 cm³/mol. The molecule has 0 aliphatic carbocycles. The molecule has 0 amide bonds. The molecule has 2 N–H and O–H groups in total. The van der Waals surface area contributed by atoms with Crippen LogP contribution in [0.15, 0.2) is 6.20 Å². The maximum Gasteiger partial charge on any atom is 0.215 e. The van der Waals surface area contributed by atoms with Crippen molar-refractivity contribution in [2.75, 3.05) is 44.2 Å². The minimum atomic E-state index is 0.219. The van der Waals surface area contributed by atoms with E-state index < -0.39 is 0 Å². The third-order valence-electron chi connectivity index (χ3n) is 2.67.